The van der Waals surface area contributed by atoms with Gasteiger partial charge >= 0.3 is 0 Å². The molecule has 4 saturated carbocycles. The number of rotatable bonds is 8. The normalized spacial score (nSPS) is 40.8. The van der Waals surface area contributed by atoms with Gasteiger partial charge in [-0.3, -0.25) is 9.35 Å². The van der Waals surface area contributed by atoms with Crippen molar-refractivity contribution in [2.24, 2.45) is 46.3 Å². The number of benzene rings is 1. The van der Waals surface area contributed by atoms with Gasteiger partial charge in [0.1, 0.15) is 0 Å². The van der Waals surface area contributed by atoms with Crippen LogP contribution in [0.2, 0.25) is 0 Å². The van der Waals surface area contributed by atoms with E-state index in [1.807, 2.05) is 6.07 Å². The standard InChI is InChI=1S/C32H49NO6S/c1-20(9-14-30(36)33-28(19-40(37,38)39)21-7-5-4-6-8-21)25-12-13-26-24-11-10-22-17-23(34)15-16-31(22,2)27(24)18-29(35)32(25,26)3/h4-8,20,22-29,34-35H,9-19H2,1-3H3,(H,33,36)(H,37,38,39)/t20-,22-,23-,24+,25-,26+,27+,28-,29+,31+,32-/m1/s1. The van der Waals surface area contributed by atoms with Crippen LogP contribution in [0.5, 0.6) is 0 Å². The first-order chi connectivity index (χ1) is 18.8. The van der Waals surface area contributed by atoms with Crippen LogP contribution in [0.15, 0.2) is 30.3 Å². The molecule has 224 valence electrons. The molecule has 1 amide bonds. The highest BCUT2D eigenvalue weighted by atomic mass is 32.2. The number of hydrogen-bond acceptors (Lipinski definition) is 5. The van der Waals surface area contributed by atoms with Gasteiger partial charge in [-0.15, -0.1) is 0 Å². The molecule has 4 aliphatic rings. The fourth-order valence-corrected chi connectivity index (χ4v) is 10.8. The average molecular weight is 576 g/mol. The van der Waals surface area contributed by atoms with Crippen molar-refractivity contribution in [2.45, 2.75) is 103 Å². The van der Waals surface area contributed by atoms with E-state index >= 15 is 0 Å². The number of carbonyl (C=O) groups excluding carboxylic acids is 1. The third-order valence-corrected chi connectivity index (χ3v) is 13.0. The van der Waals surface area contributed by atoms with Crippen LogP contribution in [-0.2, 0) is 14.9 Å². The quantitative estimate of drug-likeness (QED) is 0.318. The Hall–Kier alpha value is -1.48. The molecule has 0 aliphatic heterocycles. The zero-order chi connectivity index (χ0) is 28.9. The van der Waals surface area contributed by atoms with E-state index in [4.69, 9.17) is 0 Å². The van der Waals surface area contributed by atoms with Crippen LogP contribution in [0.3, 0.4) is 0 Å². The molecule has 0 saturated heterocycles. The molecule has 0 aromatic heterocycles. The van der Waals surface area contributed by atoms with Gasteiger partial charge in [-0.05, 0) is 110 Å². The zero-order valence-corrected chi connectivity index (χ0v) is 25.2. The van der Waals surface area contributed by atoms with Gasteiger partial charge in [-0.2, -0.15) is 8.42 Å². The summed E-state index contributed by atoms with van der Waals surface area (Å²) < 4.78 is 32.7. The van der Waals surface area contributed by atoms with E-state index in [1.165, 1.54) is 12.8 Å². The number of hydrogen-bond donors (Lipinski definition) is 4. The lowest BCUT2D eigenvalue weighted by atomic mass is 9.43. The molecule has 4 aliphatic carbocycles. The maximum atomic E-state index is 13.0. The van der Waals surface area contributed by atoms with Crippen molar-refractivity contribution in [2.75, 3.05) is 5.75 Å². The van der Waals surface area contributed by atoms with Crippen molar-refractivity contribution in [3.8, 4) is 0 Å². The summed E-state index contributed by atoms with van der Waals surface area (Å²) in [5, 5.41) is 24.9. The molecule has 0 heterocycles. The molecule has 1 aromatic carbocycles. The lowest BCUT2D eigenvalue weighted by Gasteiger charge is -2.62. The summed E-state index contributed by atoms with van der Waals surface area (Å²) in [5.74, 6) is 1.99. The molecule has 4 fully saturated rings. The van der Waals surface area contributed by atoms with Gasteiger partial charge in [0.05, 0.1) is 24.0 Å². The van der Waals surface area contributed by atoms with Gasteiger partial charge in [-0.1, -0.05) is 51.1 Å². The largest absolute Gasteiger partial charge is 0.393 e. The molecule has 0 radical (unpaired) electrons. The Bertz CT molecular complexity index is 1160. The summed E-state index contributed by atoms with van der Waals surface area (Å²) in [7, 11) is -4.27. The van der Waals surface area contributed by atoms with Crippen LogP contribution < -0.4 is 5.32 Å². The molecule has 1 aromatic rings. The summed E-state index contributed by atoms with van der Waals surface area (Å²) in [5.41, 5.74) is 0.693. The molecule has 7 nitrogen and oxygen atoms in total. The molecular weight excluding hydrogens is 526 g/mol. The SMILES string of the molecule is C[C@H](CCC(=O)N[C@H](CS(=O)(=O)O)c1ccccc1)[C@H]1CC[C@H]2[C@@H]3CC[C@@H]4C[C@H](O)CC[C@]4(C)[C@H]3C[C@H](O)[C@]12C. The average Bonchev–Trinajstić information content (AvgIpc) is 3.26. The summed E-state index contributed by atoms with van der Waals surface area (Å²) in [6.07, 6.45) is 8.70. The highest BCUT2D eigenvalue weighted by Gasteiger charge is 2.63. The van der Waals surface area contributed by atoms with Gasteiger partial charge in [0.25, 0.3) is 10.1 Å². The zero-order valence-electron chi connectivity index (χ0n) is 24.3. The fourth-order valence-electron chi connectivity index (χ4n) is 10.1. The van der Waals surface area contributed by atoms with Gasteiger partial charge in [-0.25, -0.2) is 0 Å². The molecule has 4 N–H and O–H groups in total. The topological polar surface area (TPSA) is 124 Å². The number of nitrogens with one attached hydrogen (secondary N) is 1. The highest BCUT2D eigenvalue weighted by molar-refractivity contribution is 7.85. The smallest absolute Gasteiger partial charge is 0.267 e. The van der Waals surface area contributed by atoms with E-state index in [0.717, 1.165) is 38.5 Å². The van der Waals surface area contributed by atoms with Crippen LogP contribution in [0.25, 0.3) is 0 Å². The maximum Gasteiger partial charge on any atom is 0.267 e. The van der Waals surface area contributed by atoms with Crippen molar-refractivity contribution in [1.82, 2.24) is 5.32 Å². The molecule has 11 atom stereocenters. The monoisotopic (exact) mass is 575 g/mol. The summed E-state index contributed by atoms with van der Waals surface area (Å²) in [4.78, 5) is 13.0. The first-order valence-electron chi connectivity index (χ1n) is 15.5. The lowest BCUT2D eigenvalue weighted by molar-refractivity contribution is -0.175. The minimum Gasteiger partial charge on any atom is -0.393 e. The minimum atomic E-state index is -4.27. The predicted molar refractivity (Wildman–Crippen MR) is 155 cm³/mol. The van der Waals surface area contributed by atoms with Crippen molar-refractivity contribution >= 4 is 16.0 Å². The molecule has 0 spiro atoms. The second-order valence-corrected chi connectivity index (χ2v) is 15.7. The van der Waals surface area contributed by atoms with Gasteiger partial charge in [0.15, 0.2) is 0 Å². The Labute approximate surface area is 240 Å². The number of aliphatic hydroxyl groups excluding tert-OH is 2. The molecule has 40 heavy (non-hydrogen) atoms. The lowest BCUT2D eigenvalue weighted by Crippen LogP contribution is -2.58. The third kappa shape index (κ3) is 5.62. The summed E-state index contributed by atoms with van der Waals surface area (Å²) in [6.45, 7) is 6.95. The van der Waals surface area contributed by atoms with Crippen molar-refractivity contribution in [3.63, 3.8) is 0 Å². The van der Waals surface area contributed by atoms with Crippen LogP contribution >= 0.6 is 0 Å². The van der Waals surface area contributed by atoms with E-state index in [-0.39, 0.29) is 41.3 Å². The maximum absolute atomic E-state index is 13.0. The van der Waals surface area contributed by atoms with E-state index in [0.29, 0.717) is 41.6 Å². The minimum absolute atomic E-state index is 0.161. The number of fused-ring (bicyclic) bond motifs is 5. The van der Waals surface area contributed by atoms with Crippen LogP contribution in [-0.4, -0.2) is 47.1 Å². The molecule has 0 bridgehead atoms. The highest BCUT2D eigenvalue weighted by Crippen LogP contribution is 2.68. The van der Waals surface area contributed by atoms with E-state index in [9.17, 15) is 28.0 Å². The summed E-state index contributed by atoms with van der Waals surface area (Å²) in [6, 6.07) is 8.07. The van der Waals surface area contributed by atoms with E-state index in [1.54, 1.807) is 24.3 Å². The van der Waals surface area contributed by atoms with Gasteiger partial charge in [0.2, 0.25) is 5.91 Å². The van der Waals surface area contributed by atoms with Crippen molar-refractivity contribution < 1.29 is 28.0 Å². The predicted octanol–water partition coefficient (Wildman–Crippen LogP) is 5.14. The Morgan fingerprint density at radius 3 is 2.45 bits per heavy atom. The van der Waals surface area contributed by atoms with E-state index in [2.05, 4.69) is 26.1 Å². The Balaban J connectivity index is 1.24. The van der Waals surface area contributed by atoms with Crippen LogP contribution in [0.4, 0.5) is 0 Å². The molecule has 5 rings (SSSR count). The fraction of sp³-hybridized carbons (Fsp3) is 0.781. The number of carbonyl (C=O) groups is 1. The van der Waals surface area contributed by atoms with E-state index < -0.39 is 21.9 Å². The summed E-state index contributed by atoms with van der Waals surface area (Å²) >= 11 is 0. The number of aliphatic hydroxyl groups is 2. The van der Waals surface area contributed by atoms with Gasteiger partial charge in [0, 0.05) is 6.42 Å². The first-order valence-corrected chi connectivity index (χ1v) is 17.1. The number of amides is 1. The molecular formula is C32H49NO6S. The van der Waals surface area contributed by atoms with Crippen molar-refractivity contribution in [1.29, 1.82) is 0 Å². The Kier molecular flexibility index (Phi) is 8.48. The van der Waals surface area contributed by atoms with Crippen LogP contribution in [0, 0.1) is 46.3 Å². The Morgan fingerprint density at radius 1 is 1.02 bits per heavy atom. The second kappa shape index (κ2) is 11.3. The Morgan fingerprint density at radius 2 is 1.75 bits per heavy atom. The molecule has 8 heteroatoms. The third-order valence-electron chi connectivity index (χ3n) is 12.2. The second-order valence-electron chi connectivity index (χ2n) is 14.2. The van der Waals surface area contributed by atoms with Crippen LogP contribution in [0.1, 0.15) is 96.6 Å². The molecule has 0 unspecified atom stereocenters. The van der Waals surface area contributed by atoms with Gasteiger partial charge < -0.3 is 15.5 Å². The van der Waals surface area contributed by atoms with Crippen molar-refractivity contribution in [3.05, 3.63) is 35.9 Å². The first kappa shape index (κ1) is 30.0.